The van der Waals surface area contributed by atoms with Crippen LogP contribution in [0, 0.1) is 12.8 Å². The smallest absolute Gasteiger partial charge is 0.202 e. The maximum atomic E-state index is 5.99. The van der Waals surface area contributed by atoms with Crippen LogP contribution in [0.4, 0.5) is 5.95 Å². The summed E-state index contributed by atoms with van der Waals surface area (Å²) in [7, 11) is 0. The first-order valence-corrected chi connectivity index (χ1v) is 6.81. The molecule has 2 aromatic heterocycles. The van der Waals surface area contributed by atoms with Crippen molar-refractivity contribution in [3.05, 3.63) is 5.69 Å². The van der Waals surface area contributed by atoms with Gasteiger partial charge in [0.1, 0.15) is 5.52 Å². The van der Waals surface area contributed by atoms with Crippen molar-refractivity contribution >= 4 is 17.1 Å². The molecule has 0 spiro atoms. The molecule has 0 aliphatic rings. The van der Waals surface area contributed by atoms with Crippen molar-refractivity contribution in [3.8, 4) is 0 Å². The van der Waals surface area contributed by atoms with E-state index in [1.807, 2.05) is 16.2 Å². The normalized spacial score (nSPS) is 11.8. The second-order valence-corrected chi connectivity index (χ2v) is 5.16. The Balaban J connectivity index is 2.19. The summed E-state index contributed by atoms with van der Waals surface area (Å²) in [5, 5.41) is 4.46. The number of hydrogen-bond donors (Lipinski definition) is 1. The van der Waals surface area contributed by atoms with Crippen LogP contribution in [0.2, 0.25) is 0 Å². The van der Waals surface area contributed by atoms with Crippen LogP contribution in [0.1, 0.15) is 26.5 Å². The molecule has 0 saturated carbocycles. The number of rotatable bonds is 6. The summed E-state index contributed by atoms with van der Waals surface area (Å²) in [5.41, 5.74) is 8.79. The molecular formula is C13H23N5O. The van der Waals surface area contributed by atoms with Crippen LogP contribution >= 0.6 is 0 Å². The fourth-order valence-electron chi connectivity index (χ4n) is 2.16. The van der Waals surface area contributed by atoms with Gasteiger partial charge in [-0.2, -0.15) is 5.10 Å². The van der Waals surface area contributed by atoms with E-state index in [2.05, 4.69) is 30.9 Å². The predicted molar refractivity (Wildman–Crippen MR) is 76.0 cm³/mol. The molecule has 2 rings (SSSR count). The molecule has 0 aliphatic heterocycles. The topological polar surface area (TPSA) is 70.9 Å². The summed E-state index contributed by atoms with van der Waals surface area (Å²) < 4.78 is 9.55. The second-order valence-electron chi connectivity index (χ2n) is 5.16. The zero-order valence-electron chi connectivity index (χ0n) is 12.2. The fraction of sp³-hybridized carbons (Fsp3) is 0.692. The highest BCUT2D eigenvalue weighted by Crippen LogP contribution is 2.20. The van der Waals surface area contributed by atoms with Crippen molar-refractivity contribution in [2.24, 2.45) is 5.92 Å². The Bertz CT molecular complexity index is 555. The van der Waals surface area contributed by atoms with Gasteiger partial charge >= 0.3 is 0 Å². The summed E-state index contributed by atoms with van der Waals surface area (Å²) in [6, 6.07) is 0. The molecule has 0 fully saturated rings. The van der Waals surface area contributed by atoms with E-state index >= 15 is 0 Å². The van der Waals surface area contributed by atoms with Crippen LogP contribution in [-0.4, -0.2) is 32.5 Å². The summed E-state index contributed by atoms with van der Waals surface area (Å²) in [6.07, 6.45) is 0. The summed E-state index contributed by atoms with van der Waals surface area (Å²) in [6.45, 7) is 11.2. The minimum atomic E-state index is 0.533. The van der Waals surface area contributed by atoms with Gasteiger partial charge in [-0.25, -0.2) is 9.67 Å². The molecule has 2 aromatic rings. The van der Waals surface area contributed by atoms with Crippen LogP contribution in [-0.2, 0) is 17.8 Å². The number of nitrogens with two attached hydrogens (primary N) is 1. The van der Waals surface area contributed by atoms with Gasteiger partial charge in [0, 0.05) is 13.2 Å². The molecule has 0 unspecified atom stereocenters. The van der Waals surface area contributed by atoms with Gasteiger partial charge in [-0.3, -0.25) is 4.57 Å². The molecule has 0 bridgehead atoms. The van der Waals surface area contributed by atoms with Crippen molar-refractivity contribution in [1.82, 2.24) is 19.3 Å². The quantitative estimate of drug-likeness (QED) is 0.809. The van der Waals surface area contributed by atoms with E-state index in [1.54, 1.807) is 0 Å². The highest BCUT2D eigenvalue weighted by atomic mass is 16.5. The third-order valence-electron chi connectivity index (χ3n) is 3.04. The molecule has 6 heteroatoms. The van der Waals surface area contributed by atoms with E-state index in [4.69, 9.17) is 10.5 Å². The third kappa shape index (κ3) is 2.73. The lowest BCUT2D eigenvalue weighted by molar-refractivity contribution is 0.104. The highest BCUT2D eigenvalue weighted by molar-refractivity contribution is 5.77. The Hall–Kier alpha value is -1.56. The Morgan fingerprint density at radius 1 is 1.37 bits per heavy atom. The standard InChI is InChI=1S/C13H23N5O/c1-5-18-12-11(10(4)16-18)15-13(14)17(12)6-7-19-8-9(2)3/h9H,5-8H2,1-4H3,(H2,14,15). The Morgan fingerprint density at radius 2 is 2.11 bits per heavy atom. The van der Waals surface area contributed by atoms with Crippen molar-refractivity contribution in [3.63, 3.8) is 0 Å². The largest absolute Gasteiger partial charge is 0.379 e. The summed E-state index contributed by atoms with van der Waals surface area (Å²) in [4.78, 5) is 4.40. The van der Waals surface area contributed by atoms with Gasteiger partial charge in [0.25, 0.3) is 0 Å². The molecule has 0 aromatic carbocycles. The summed E-state index contributed by atoms with van der Waals surface area (Å²) in [5.74, 6) is 1.08. The molecule has 6 nitrogen and oxygen atoms in total. The summed E-state index contributed by atoms with van der Waals surface area (Å²) >= 11 is 0. The van der Waals surface area contributed by atoms with E-state index in [9.17, 15) is 0 Å². The van der Waals surface area contributed by atoms with E-state index in [0.717, 1.165) is 30.0 Å². The zero-order valence-corrected chi connectivity index (χ0v) is 12.2. The number of fused-ring (bicyclic) bond motifs is 1. The molecular weight excluding hydrogens is 242 g/mol. The minimum Gasteiger partial charge on any atom is -0.379 e. The van der Waals surface area contributed by atoms with Gasteiger partial charge in [-0.15, -0.1) is 0 Å². The number of hydrogen-bond acceptors (Lipinski definition) is 4. The van der Waals surface area contributed by atoms with Crippen molar-refractivity contribution in [1.29, 1.82) is 0 Å². The maximum Gasteiger partial charge on any atom is 0.202 e. The van der Waals surface area contributed by atoms with Crippen molar-refractivity contribution in [2.45, 2.75) is 40.8 Å². The fourth-order valence-corrected chi connectivity index (χ4v) is 2.16. The zero-order chi connectivity index (χ0) is 14.0. The molecule has 0 saturated heterocycles. The van der Waals surface area contributed by atoms with Gasteiger partial charge in [0.05, 0.1) is 18.8 Å². The second kappa shape index (κ2) is 5.61. The van der Waals surface area contributed by atoms with Gasteiger partial charge < -0.3 is 10.5 Å². The number of nitrogens with zero attached hydrogens (tertiary/aromatic N) is 4. The van der Waals surface area contributed by atoms with Gasteiger partial charge in [-0.05, 0) is 19.8 Å². The monoisotopic (exact) mass is 265 g/mol. The third-order valence-corrected chi connectivity index (χ3v) is 3.04. The van der Waals surface area contributed by atoms with E-state index in [1.165, 1.54) is 0 Å². The Kier molecular flexibility index (Phi) is 4.09. The average Bonchev–Trinajstić information content (AvgIpc) is 2.83. The van der Waals surface area contributed by atoms with Crippen LogP contribution in [0.25, 0.3) is 11.2 Å². The van der Waals surface area contributed by atoms with Crippen LogP contribution in [0.3, 0.4) is 0 Å². The lowest BCUT2D eigenvalue weighted by Gasteiger charge is -2.10. The lowest BCUT2D eigenvalue weighted by atomic mass is 10.2. The first-order chi connectivity index (χ1) is 9.04. The van der Waals surface area contributed by atoms with E-state index in [-0.39, 0.29) is 0 Å². The lowest BCUT2D eigenvalue weighted by Crippen LogP contribution is -2.13. The Labute approximate surface area is 113 Å². The Morgan fingerprint density at radius 3 is 2.74 bits per heavy atom. The molecule has 0 amide bonds. The van der Waals surface area contributed by atoms with Crippen LogP contribution in [0.15, 0.2) is 0 Å². The number of ether oxygens (including phenoxy) is 1. The van der Waals surface area contributed by atoms with Crippen LogP contribution < -0.4 is 5.73 Å². The molecule has 19 heavy (non-hydrogen) atoms. The molecule has 2 heterocycles. The minimum absolute atomic E-state index is 0.533. The predicted octanol–water partition coefficient (Wildman–Crippen LogP) is 1.82. The van der Waals surface area contributed by atoms with Gasteiger partial charge in [0.15, 0.2) is 5.65 Å². The van der Waals surface area contributed by atoms with Crippen molar-refractivity contribution < 1.29 is 4.74 Å². The molecule has 0 radical (unpaired) electrons. The van der Waals surface area contributed by atoms with Gasteiger partial charge in [-0.1, -0.05) is 13.8 Å². The van der Waals surface area contributed by atoms with Crippen LogP contribution in [0.5, 0.6) is 0 Å². The number of aryl methyl sites for hydroxylation is 2. The first-order valence-electron chi connectivity index (χ1n) is 6.81. The van der Waals surface area contributed by atoms with Gasteiger partial charge in [0.2, 0.25) is 5.95 Å². The first kappa shape index (κ1) is 13.9. The number of imidazole rings is 1. The van der Waals surface area contributed by atoms with Crippen molar-refractivity contribution in [2.75, 3.05) is 18.9 Å². The SMILES string of the molecule is CCn1nc(C)c2nc(N)n(CCOCC(C)C)c21. The average molecular weight is 265 g/mol. The molecule has 0 atom stereocenters. The maximum absolute atomic E-state index is 5.99. The van der Waals surface area contributed by atoms with E-state index in [0.29, 0.717) is 25.0 Å². The molecule has 0 aliphatic carbocycles. The number of aromatic nitrogens is 4. The van der Waals surface area contributed by atoms with E-state index < -0.39 is 0 Å². The highest BCUT2D eigenvalue weighted by Gasteiger charge is 2.16. The molecule has 106 valence electrons. The number of nitrogen functional groups attached to an aromatic ring is 1. The molecule has 2 N–H and O–H groups in total. The number of anilines is 1.